The molecule has 0 radical (unpaired) electrons. The van der Waals surface area contributed by atoms with Gasteiger partial charge in [-0.15, -0.1) is 0 Å². The van der Waals surface area contributed by atoms with Crippen molar-refractivity contribution < 1.29 is 8.42 Å². The standard InChI is InChI=1S/C11H16BrN3O2S/c1-2-11(3-4-11)7-15-18(16,17)9-5-8(12)6-14-10(9)13/h5-6,15H,2-4,7H2,1H3,(H2,13,14). The van der Waals surface area contributed by atoms with Crippen LogP contribution in [-0.4, -0.2) is 19.9 Å². The third-order valence-corrected chi connectivity index (χ3v) is 5.35. The van der Waals surface area contributed by atoms with E-state index in [-0.39, 0.29) is 16.1 Å². The summed E-state index contributed by atoms with van der Waals surface area (Å²) in [5.41, 5.74) is 5.77. The molecule has 0 aliphatic heterocycles. The van der Waals surface area contributed by atoms with Crippen LogP contribution >= 0.6 is 15.9 Å². The molecule has 18 heavy (non-hydrogen) atoms. The van der Waals surface area contributed by atoms with E-state index in [9.17, 15) is 8.42 Å². The maximum Gasteiger partial charge on any atom is 0.244 e. The molecule has 0 unspecified atom stereocenters. The number of pyridine rings is 1. The summed E-state index contributed by atoms with van der Waals surface area (Å²) in [6.07, 6.45) is 4.63. The van der Waals surface area contributed by atoms with Gasteiger partial charge in [0.15, 0.2) is 0 Å². The number of nitrogens with one attached hydrogen (secondary N) is 1. The Balaban J connectivity index is 2.18. The number of hydrogen-bond donors (Lipinski definition) is 2. The summed E-state index contributed by atoms with van der Waals surface area (Å²) in [6.45, 7) is 2.55. The van der Waals surface area contributed by atoms with Crippen molar-refractivity contribution in [3.8, 4) is 0 Å². The highest BCUT2D eigenvalue weighted by molar-refractivity contribution is 9.10. The van der Waals surface area contributed by atoms with E-state index >= 15 is 0 Å². The first-order chi connectivity index (χ1) is 8.38. The van der Waals surface area contributed by atoms with Gasteiger partial charge in [0.25, 0.3) is 0 Å². The molecule has 3 N–H and O–H groups in total. The number of nitrogens with two attached hydrogens (primary N) is 1. The van der Waals surface area contributed by atoms with Crippen LogP contribution in [0.15, 0.2) is 21.6 Å². The van der Waals surface area contributed by atoms with Gasteiger partial charge in [-0.3, -0.25) is 0 Å². The predicted octanol–water partition coefficient (Wildman–Crippen LogP) is 1.89. The van der Waals surface area contributed by atoms with Crippen molar-refractivity contribution in [2.24, 2.45) is 5.41 Å². The van der Waals surface area contributed by atoms with Crippen LogP contribution in [0.25, 0.3) is 0 Å². The van der Waals surface area contributed by atoms with Gasteiger partial charge in [-0.1, -0.05) is 6.92 Å². The Morgan fingerprint density at radius 3 is 2.78 bits per heavy atom. The topological polar surface area (TPSA) is 85.1 Å². The normalized spacial score (nSPS) is 17.7. The van der Waals surface area contributed by atoms with E-state index in [0.29, 0.717) is 11.0 Å². The van der Waals surface area contributed by atoms with Crippen LogP contribution in [0.2, 0.25) is 0 Å². The van der Waals surface area contributed by atoms with Gasteiger partial charge in [0.05, 0.1) is 0 Å². The van der Waals surface area contributed by atoms with Crippen LogP contribution in [0.5, 0.6) is 0 Å². The Hall–Kier alpha value is -0.660. The van der Waals surface area contributed by atoms with Crippen LogP contribution in [0, 0.1) is 5.41 Å². The maximum atomic E-state index is 12.1. The highest BCUT2D eigenvalue weighted by Gasteiger charge is 2.41. The van der Waals surface area contributed by atoms with Crippen LogP contribution in [-0.2, 0) is 10.0 Å². The van der Waals surface area contributed by atoms with Crippen molar-refractivity contribution in [3.05, 3.63) is 16.7 Å². The summed E-state index contributed by atoms with van der Waals surface area (Å²) in [5.74, 6) is 0.0204. The first-order valence-electron chi connectivity index (χ1n) is 5.79. The van der Waals surface area contributed by atoms with E-state index in [0.717, 1.165) is 19.3 Å². The highest BCUT2D eigenvalue weighted by atomic mass is 79.9. The summed E-state index contributed by atoms with van der Waals surface area (Å²) in [6, 6.07) is 1.47. The molecule has 1 aliphatic carbocycles. The second-order valence-electron chi connectivity index (χ2n) is 4.72. The molecule has 0 saturated heterocycles. The average Bonchev–Trinajstić information content (AvgIpc) is 3.11. The Labute approximate surface area is 115 Å². The first kappa shape index (κ1) is 13.8. The lowest BCUT2D eigenvalue weighted by Gasteiger charge is -2.14. The number of nitrogens with zero attached hydrogens (tertiary/aromatic N) is 1. The number of anilines is 1. The minimum absolute atomic E-state index is 0.0204. The molecule has 1 fully saturated rings. The molecular weight excluding hydrogens is 318 g/mol. The van der Waals surface area contributed by atoms with Crippen molar-refractivity contribution in [1.29, 1.82) is 0 Å². The van der Waals surface area contributed by atoms with Crippen molar-refractivity contribution in [1.82, 2.24) is 9.71 Å². The molecule has 0 atom stereocenters. The minimum Gasteiger partial charge on any atom is -0.383 e. The maximum absolute atomic E-state index is 12.1. The molecule has 0 amide bonds. The van der Waals surface area contributed by atoms with E-state index in [2.05, 4.69) is 32.6 Å². The predicted molar refractivity (Wildman–Crippen MR) is 73.5 cm³/mol. The van der Waals surface area contributed by atoms with E-state index in [1.807, 2.05) is 0 Å². The van der Waals surface area contributed by atoms with E-state index < -0.39 is 10.0 Å². The third-order valence-electron chi connectivity index (χ3n) is 3.48. The number of aromatic nitrogens is 1. The number of hydrogen-bond acceptors (Lipinski definition) is 4. The van der Waals surface area contributed by atoms with Gasteiger partial charge in [-0.25, -0.2) is 18.1 Å². The van der Waals surface area contributed by atoms with E-state index in [1.54, 1.807) is 0 Å². The van der Waals surface area contributed by atoms with E-state index in [1.165, 1.54) is 12.3 Å². The van der Waals surface area contributed by atoms with Gasteiger partial charge in [0, 0.05) is 17.2 Å². The largest absolute Gasteiger partial charge is 0.383 e. The fourth-order valence-electron chi connectivity index (χ4n) is 1.80. The quantitative estimate of drug-likeness (QED) is 0.861. The van der Waals surface area contributed by atoms with Crippen LogP contribution in [0.1, 0.15) is 26.2 Å². The Morgan fingerprint density at radius 1 is 1.56 bits per heavy atom. The number of sulfonamides is 1. The molecule has 1 aliphatic rings. The summed E-state index contributed by atoms with van der Waals surface area (Å²) >= 11 is 3.20. The molecular formula is C11H16BrN3O2S. The van der Waals surface area contributed by atoms with Crippen LogP contribution in [0.4, 0.5) is 5.82 Å². The number of nitrogen functional groups attached to an aromatic ring is 1. The molecule has 0 spiro atoms. The lowest BCUT2D eigenvalue weighted by Crippen LogP contribution is -2.30. The fraction of sp³-hybridized carbons (Fsp3) is 0.545. The van der Waals surface area contributed by atoms with Crippen LogP contribution in [0.3, 0.4) is 0 Å². The SMILES string of the molecule is CCC1(CNS(=O)(=O)c2cc(Br)cnc2N)CC1. The third kappa shape index (κ3) is 2.84. The molecule has 100 valence electrons. The number of rotatable bonds is 5. The first-order valence-corrected chi connectivity index (χ1v) is 8.07. The van der Waals surface area contributed by atoms with Crippen LogP contribution < -0.4 is 10.5 Å². The molecule has 1 aromatic rings. The van der Waals surface area contributed by atoms with Gasteiger partial charge in [0.1, 0.15) is 10.7 Å². The van der Waals surface area contributed by atoms with Gasteiger partial charge in [0.2, 0.25) is 10.0 Å². The van der Waals surface area contributed by atoms with Gasteiger partial charge in [-0.2, -0.15) is 0 Å². The van der Waals surface area contributed by atoms with Gasteiger partial charge in [-0.05, 0) is 46.7 Å². The smallest absolute Gasteiger partial charge is 0.244 e. The van der Waals surface area contributed by atoms with Gasteiger partial charge < -0.3 is 5.73 Å². The van der Waals surface area contributed by atoms with Crippen molar-refractivity contribution >= 4 is 31.8 Å². The Morgan fingerprint density at radius 2 is 2.22 bits per heavy atom. The average molecular weight is 334 g/mol. The zero-order valence-corrected chi connectivity index (χ0v) is 12.5. The molecule has 0 bridgehead atoms. The molecule has 7 heteroatoms. The second kappa shape index (κ2) is 4.79. The summed E-state index contributed by atoms with van der Waals surface area (Å²) in [5, 5.41) is 0. The molecule has 5 nitrogen and oxygen atoms in total. The lowest BCUT2D eigenvalue weighted by molar-refractivity contribution is 0.475. The van der Waals surface area contributed by atoms with E-state index in [4.69, 9.17) is 5.73 Å². The molecule has 1 saturated carbocycles. The minimum atomic E-state index is -3.58. The number of halogens is 1. The Bertz CT molecular complexity index is 555. The summed E-state index contributed by atoms with van der Waals surface area (Å²) in [7, 11) is -3.58. The lowest BCUT2D eigenvalue weighted by atomic mass is 10.1. The fourth-order valence-corrected chi connectivity index (χ4v) is 3.55. The summed E-state index contributed by atoms with van der Waals surface area (Å²) in [4.78, 5) is 3.87. The zero-order valence-electron chi connectivity index (χ0n) is 10.1. The molecule has 2 rings (SSSR count). The molecule has 1 heterocycles. The second-order valence-corrected chi connectivity index (χ2v) is 7.37. The van der Waals surface area contributed by atoms with Crippen molar-refractivity contribution in [2.45, 2.75) is 31.1 Å². The highest BCUT2D eigenvalue weighted by Crippen LogP contribution is 2.48. The molecule has 0 aromatic carbocycles. The summed E-state index contributed by atoms with van der Waals surface area (Å²) < 4.78 is 27.5. The van der Waals surface area contributed by atoms with Crippen molar-refractivity contribution in [2.75, 3.05) is 12.3 Å². The zero-order chi connectivity index (χ0) is 13.4. The monoisotopic (exact) mass is 333 g/mol. The molecule has 1 aromatic heterocycles. The Kier molecular flexibility index (Phi) is 3.66. The van der Waals surface area contributed by atoms with Crippen molar-refractivity contribution in [3.63, 3.8) is 0 Å². The van der Waals surface area contributed by atoms with Gasteiger partial charge >= 0.3 is 0 Å².